The molecule has 2 fully saturated rings. The SMILES string of the molecule is CC(C)Cc1cc(C(=O)N2CCCC(CN3CCOCC3)C2)nc(=O)[nH]1. The molecule has 2 aliphatic rings. The molecule has 26 heavy (non-hydrogen) atoms. The molecule has 3 heterocycles. The van der Waals surface area contributed by atoms with Gasteiger partial charge in [-0.1, -0.05) is 13.8 Å². The fourth-order valence-electron chi connectivity index (χ4n) is 3.88. The zero-order chi connectivity index (χ0) is 18.5. The monoisotopic (exact) mass is 362 g/mol. The second-order valence-electron chi connectivity index (χ2n) is 7.87. The summed E-state index contributed by atoms with van der Waals surface area (Å²) in [5, 5.41) is 0. The van der Waals surface area contributed by atoms with Crippen molar-refractivity contribution < 1.29 is 9.53 Å². The van der Waals surface area contributed by atoms with Gasteiger partial charge in [0.1, 0.15) is 5.69 Å². The number of nitrogens with one attached hydrogen (secondary N) is 1. The molecule has 1 aromatic heterocycles. The van der Waals surface area contributed by atoms with Crippen LogP contribution in [0.1, 0.15) is 42.9 Å². The number of likely N-dealkylation sites (tertiary alicyclic amines) is 1. The second kappa shape index (κ2) is 8.77. The number of ether oxygens (including phenoxy) is 1. The van der Waals surface area contributed by atoms with E-state index in [4.69, 9.17) is 4.74 Å². The number of hydrogen-bond donors (Lipinski definition) is 1. The zero-order valence-electron chi connectivity index (χ0n) is 15.9. The largest absolute Gasteiger partial charge is 0.379 e. The third kappa shape index (κ3) is 5.14. The Bertz CT molecular complexity index is 667. The Kier molecular flexibility index (Phi) is 6.43. The molecule has 7 nitrogen and oxygen atoms in total. The Morgan fingerprint density at radius 1 is 1.35 bits per heavy atom. The second-order valence-corrected chi connectivity index (χ2v) is 7.87. The number of aromatic nitrogens is 2. The molecule has 0 spiro atoms. The van der Waals surface area contributed by atoms with Crippen molar-refractivity contribution in [2.75, 3.05) is 45.9 Å². The van der Waals surface area contributed by atoms with Gasteiger partial charge in [-0.3, -0.25) is 9.69 Å². The summed E-state index contributed by atoms with van der Waals surface area (Å²) < 4.78 is 5.41. The number of amides is 1. The summed E-state index contributed by atoms with van der Waals surface area (Å²) in [6, 6.07) is 1.75. The summed E-state index contributed by atoms with van der Waals surface area (Å²) in [4.78, 5) is 35.7. The van der Waals surface area contributed by atoms with Gasteiger partial charge in [0.15, 0.2) is 0 Å². The van der Waals surface area contributed by atoms with Crippen LogP contribution in [0.15, 0.2) is 10.9 Å². The molecule has 0 radical (unpaired) electrons. The van der Waals surface area contributed by atoms with E-state index >= 15 is 0 Å². The third-order valence-electron chi connectivity index (χ3n) is 5.07. The normalized spacial score (nSPS) is 22.0. The van der Waals surface area contributed by atoms with E-state index in [1.807, 2.05) is 4.90 Å². The molecular weight excluding hydrogens is 332 g/mol. The Labute approximate surface area is 154 Å². The number of nitrogens with zero attached hydrogens (tertiary/aromatic N) is 3. The van der Waals surface area contributed by atoms with E-state index in [0.717, 1.165) is 70.9 Å². The van der Waals surface area contributed by atoms with Crippen LogP contribution in [0.2, 0.25) is 0 Å². The summed E-state index contributed by atoms with van der Waals surface area (Å²) >= 11 is 0. The van der Waals surface area contributed by atoms with Gasteiger partial charge in [0.2, 0.25) is 0 Å². The molecule has 1 atom stereocenters. The number of carbonyl (C=O) groups excluding carboxylic acids is 1. The van der Waals surface area contributed by atoms with Crippen LogP contribution < -0.4 is 5.69 Å². The summed E-state index contributed by atoms with van der Waals surface area (Å²) in [7, 11) is 0. The molecule has 3 rings (SSSR count). The van der Waals surface area contributed by atoms with E-state index in [0.29, 0.717) is 11.8 Å². The molecule has 2 aliphatic heterocycles. The first kappa shape index (κ1) is 19.0. The van der Waals surface area contributed by atoms with Gasteiger partial charge in [0.05, 0.1) is 13.2 Å². The number of piperidine rings is 1. The van der Waals surface area contributed by atoms with Gasteiger partial charge in [-0.25, -0.2) is 4.79 Å². The van der Waals surface area contributed by atoms with Crippen molar-refractivity contribution in [2.24, 2.45) is 11.8 Å². The van der Waals surface area contributed by atoms with Crippen molar-refractivity contribution in [3.8, 4) is 0 Å². The minimum atomic E-state index is -0.437. The van der Waals surface area contributed by atoms with Crippen molar-refractivity contribution in [1.29, 1.82) is 0 Å². The van der Waals surface area contributed by atoms with Crippen molar-refractivity contribution in [3.05, 3.63) is 27.9 Å². The lowest BCUT2D eigenvalue weighted by Gasteiger charge is -2.36. The van der Waals surface area contributed by atoms with Gasteiger partial charge >= 0.3 is 5.69 Å². The van der Waals surface area contributed by atoms with Crippen LogP contribution in [0.25, 0.3) is 0 Å². The Balaban J connectivity index is 1.65. The molecule has 0 saturated carbocycles. The van der Waals surface area contributed by atoms with Crippen LogP contribution in [-0.4, -0.2) is 71.6 Å². The predicted octanol–water partition coefficient (Wildman–Crippen LogP) is 1.15. The molecule has 1 unspecified atom stereocenters. The summed E-state index contributed by atoms with van der Waals surface area (Å²) in [6.45, 7) is 10.2. The smallest absolute Gasteiger partial charge is 0.345 e. The maximum Gasteiger partial charge on any atom is 0.345 e. The van der Waals surface area contributed by atoms with Crippen LogP contribution in [0.3, 0.4) is 0 Å². The lowest BCUT2D eigenvalue weighted by molar-refractivity contribution is 0.0223. The molecule has 1 N–H and O–H groups in total. The van der Waals surface area contributed by atoms with E-state index in [9.17, 15) is 9.59 Å². The van der Waals surface area contributed by atoms with E-state index in [1.54, 1.807) is 6.07 Å². The fourth-order valence-corrected chi connectivity index (χ4v) is 3.88. The first-order valence-corrected chi connectivity index (χ1v) is 9.71. The molecule has 1 aromatic rings. The molecular formula is C19H30N4O3. The van der Waals surface area contributed by atoms with Crippen molar-refractivity contribution in [2.45, 2.75) is 33.1 Å². The first-order chi connectivity index (χ1) is 12.5. The number of carbonyl (C=O) groups is 1. The minimum absolute atomic E-state index is 0.118. The van der Waals surface area contributed by atoms with Crippen LogP contribution in [0.5, 0.6) is 0 Å². The Hall–Kier alpha value is -1.73. The Morgan fingerprint density at radius 3 is 2.85 bits per heavy atom. The van der Waals surface area contributed by atoms with Gasteiger partial charge in [0, 0.05) is 38.4 Å². The molecule has 0 aliphatic carbocycles. The van der Waals surface area contributed by atoms with Gasteiger partial charge in [-0.05, 0) is 37.2 Å². The number of hydrogen-bond acceptors (Lipinski definition) is 5. The van der Waals surface area contributed by atoms with Gasteiger partial charge in [-0.15, -0.1) is 0 Å². The van der Waals surface area contributed by atoms with Gasteiger partial charge in [-0.2, -0.15) is 4.98 Å². The molecule has 0 bridgehead atoms. The highest BCUT2D eigenvalue weighted by Gasteiger charge is 2.27. The molecule has 2 saturated heterocycles. The molecule has 144 valence electrons. The quantitative estimate of drug-likeness (QED) is 0.850. The summed E-state index contributed by atoms with van der Waals surface area (Å²) in [5.41, 5.74) is 0.620. The van der Waals surface area contributed by atoms with Crippen LogP contribution in [-0.2, 0) is 11.2 Å². The average Bonchev–Trinajstić information content (AvgIpc) is 2.61. The predicted molar refractivity (Wildman–Crippen MR) is 99.3 cm³/mol. The van der Waals surface area contributed by atoms with Gasteiger partial charge < -0.3 is 14.6 Å². The standard InChI is InChI=1S/C19H30N4O3/c1-14(2)10-16-11-17(21-19(25)20-16)18(24)23-5-3-4-15(13-23)12-22-6-8-26-9-7-22/h11,14-15H,3-10,12-13H2,1-2H3,(H,20,21,25). The van der Waals surface area contributed by atoms with Crippen LogP contribution in [0.4, 0.5) is 0 Å². The lowest BCUT2D eigenvalue weighted by atomic mass is 9.97. The molecule has 7 heteroatoms. The average molecular weight is 362 g/mol. The van der Waals surface area contributed by atoms with E-state index < -0.39 is 5.69 Å². The summed E-state index contributed by atoms with van der Waals surface area (Å²) in [5.74, 6) is 0.764. The van der Waals surface area contributed by atoms with Crippen molar-refractivity contribution >= 4 is 5.91 Å². The van der Waals surface area contributed by atoms with Crippen LogP contribution in [0, 0.1) is 11.8 Å². The third-order valence-corrected chi connectivity index (χ3v) is 5.07. The highest BCUT2D eigenvalue weighted by molar-refractivity contribution is 5.92. The zero-order valence-corrected chi connectivity index (χ0v) is 15.9. The van der Waals surface area contributed by atoms with E-state index in [-0.39, 0.29) is 11.6 Å². The number of rotatable bonds is 5. The van der Waals surface area contributed by atoms with Crippen molar-refractivity contribution in [1.82, 2.24) is 19.8 Å². The highest BCUT2D eigenvalue weighted by atomic mass is 16.5. The Morgan fingerprint density at radius 2 is 2.12 bits per heavy atom. The van der Waals surface area contributed by atoms with E-state index in [1.165, 1.54) is 0 Å². The maximum atomic E-state index is 12.9. The van der Waals surface area contributed by atoms with Crippen molar-refractivity contribution in [3.63, 3.8) is 0 Å². The van der Waals surface area contributed by atoms with Gasteiger partial charge in [0.25, 0.3) is 5.91 Å². The molecule has 0 aromatic carbocycles. The lowest BCUT2D eigenvalue weighted by Crippen LogP contribution is -2.46. The molecule has 1 amide bonds. The fraction of sp³-hybridized carbons (Fsp3) is 0.737. The topological polar surface area (TPSA) is 78.5 Å². The van der Waals surface area contributed by atoms with Crippen LogP contribution >= 0.6 is 0 Å². The highest BCUT2D eigenvalue weighted by Crippen LogP contribution is 2.20. The number of aromatic amines is 1. The minimum Gasteiger partial charge on any atom is -0.379 e. The first-order valence-electron chi connectivity index (χ1n) is 9.71. The van der Waals surface area contributed by atoms with E-state index in [2.05, 4.69) is 28.7 Å². The summed E-state index contributed by atoms with van der Waals surface area (Å²) in [6.07, 6.45) is 2.88. The number of morpholine rings is 1. The maximum absolute atomic E-state index is 12.9. The number of H-pyrrole nitrogens is 1.